The Morgan fingerprint density at radius 2 is 1.94 bits per heavy atom. The molecule has 1 aromatic carbocycles. The van der Waals surface area contributed by atoms with Crippen LogP contribution in [0.25, 0.3) is 0 Å². The molecular formula is C25H28N2O3S2. The highest BCUT2D eigenvalue weighted by Crippen LogP contribution is 2.37. The van der Waals surface area contributed by atoms with E-state index in [1.165, 1.54) is 21.8 Å². The van der Waals surface area contributed by atoms with Gasteiger partial charge < -0.3 is 14.5 Å². The summed E-state index contributed by atoms with van der Waals surface area (Å²) in [6, 6.07) is 15.9. The third-order valence-corrected chi connectivity index (χ3v) is 7.52. The van der Waals surface area contributed by atoms with Gasteiger partial charge in [0.25, 0.3) is 5.91 Å². The Labute approximate surface area is 197 Å². The molecule has 2 aromatic heterocycles. The lowest BCUT2D eigenvalue weighted by atomic mass is 9.93. The number of thiophene rings is 2. The van der Waals surface area contributed by atoms with Gasteiger partial charge in [-0.15, -0.1) is 22.7 Å². The van der Waals surface area contributed by atoms with Crippen LogP contribution in [0.15, 0.2) is 59.3 Å². The van der Waals surface area contributed by atoms with E-state index in [2.05, 4.69) is 23.6 Å². The Morgan fingerprint density at radius 3 is 2.69 bits per heavy atom. The molecule has 0 N–H and O–H groups in total. The summed E-state index contributed by atoms with van der Waals surface area (Å²) in [5.74, 6) is -0.105. The van der Waals surface area contributed by atoms with Gasteiger partial charge in [0.2, 0.25) is 5.91 Å². The van der Waals surface area contributed by atoms with E-state index in [9.17, 15) is 9.59 Å². The summed E-state index contributed by atoms with van der Waals surface area (Å²) in [5, 5.41) is 4.00. The molecule has 7 heteroatoms. The zero-order chi connectivity index (χ0) is 22.3. The molecular weight excluding hydrogens is 440 g/mol. The van der Waals surface area contributed by atoms with Crippen LogP contribution in [0.3, 0.4) is 0 Å². The first-order chi connectivity index (χ1) is 15.7. The second-order valence-electron chi connectivity index (χ2n) is 7.70. The van der Waals surface area contributed by atoms with E-state index in [-0.39, 0.29) is 24.4 Å². The average molecular weight is 469 g/mol. The highest BCUT2D eigenvalue weighted by Gasteiger charge is 2.34. The van der Waals surface area contributed by atoms with Crippen molar-refractivity contribution in [2.45, 2.75) is 25.8 Å². The molecule has 1 aliphatic rings. The van der Waals surface area contributed by atoms with Crippen LogP contribution in [0.1, 0.15) is 45.1 Å². The third kappa shape index (κ3) is 5.11. The van der Waals surface area contributed by atoms with Crippen molar-refractivity contribution in [3.05, 3.63) is 80.2 Å². The summed E-state index contributed by atoms with van der Waals surface area (Å²) in [7, 11) is 0. The lowest BCUT2D eigenvalue weighted by Gasteiger charge is -2.37. The largest absolute Gasteiger partial charge is 0.382 e. The number of fused-ring (bicyclic) bond motifs is 1. The molecule has 1 aliphatic heterocycles. The predicted octanol–water partition coefficient (Wildman–Crippen LogP) is 4.85. The normalized spacial score (nSPS) is 15.4. The van der Waals surface area contributed by atoms with Crippen molar-refractivity contribution in [3.8, 4) is 0 Å². The van der Waals surface area contributed by atoms with E-state index in [1.807, 2.05) is 47.5 Å². The fourth-order valence-electron chi connectivity index (χ4n) is 4.14. The quantitative estimate of drug-likeness (QED) is 0.422. The lowest BCUT2D eigenvalue weighted by molar-refractivity contribution is -0.134. The van der Waals surface area contributed by atoms with Crippen LogP contribution < -0.4 is 0 Å². The molecule has 1 atom stereocenters. The minimum atomic E-state index is -0.110. The highest BCUT2D eigenvalue weighted by molar-refractivity contribution is 7.12. The van der Waals surface area contributed by atoms with Crippen LogP contribution in [-0.2, 0) is 16.0 Å². The maximum absolute atomic E-state index is 13.6. The van der Waals surface area contributed by atoms with Crippen molar-refractivity contribution >= 4 is 34.5 Å². The average Bonchev–Trinajstić information content (AvgIpc) is 3.52. The predicted molar refractivity (Wildman–Crippen MR) is 129 cm³/mol. The van der Waals surface area contributed by atoms with E-state index in [4.69, 9.17) is 4.74 Å². The van der Waals surface area contributed by atoms with Gasteiger partial charge in [0.05, 0.1) is 10.9 Å². The van der Waals surface area contributed by atoms with Crippen molar-refractivity contribution in [1.82, 2.24) is 9.80 Å². The van der Waals surface area contributed by atoms with Crippen molar-refractivity contribution < 1.29 is 14.3 Å². The van der Waals surface area contributed by atoms with Crippen LogP contribution >= 0.6 is 22.7 Å². The van der Waals surface area contributed by atoms with Crippen LogP contribution in [-0.4, -0.2) is 54.5 Å². The molecule has 0 bridgehead atoms. The van der Waals surface area contributed by atoms with E-state index >= 15 is 0 Å². The molecule has 0 saturated heterocycles. The molecule has 0 saturated carbocycles. The van der Waals surface area contributed by atoms with Gasteiger partial charge in [-0.05, 0) is 53.8 Å². The summed E-state index contributed by atoms with van der Waals surface area (Å²) in [4.78, 5) is 32.3. The molecule has 168 valence electrons. The minimum Gasteiger partial charge on any atom is -0.382 e. The first kappa shape index (κ1) is 22.7. The number of ether oxygens (including phenoxy) is 1. The van der Waals surface area contributed by atoms with Gasteiger partial charge in [-0.2, -0.15) is 0 Å². The van der Waals surface area contributed by atoms with Crippen LogP contribution in [0, 0.1) is 0 Å². The molecule has 0 spiro atoms. The Hall–Kier alpha value is -2.48. The van der Waals surface area contributed by atoms with Crippen LogP contribution in [0.2, 0.25) is 0 Å². The topological polar surface area (TPSA) is 49.9 Å². The number of benzene rings is 1. The molecule has 0 radical (unpaired) electrons. The first-order valence-corrected chi connectivity index (χ1v) is 12.8. The van der Waals surface area contributed by atoms with Gasteiger partial charge >= 0.3 is 0 Å². The fourth-order valence-corrected chi connectivity index (χ4v) is 5.74. The number of carbonyl (C=O) groups is 2. The van der Waals surface area contributed by atoms with E-state index in [0.29, 0.717) is 37.6 Å². The van der Waals surface area contributed by atoms with E-state index in [0.717, 1.165) is 12.0 Å². The van der Waals surface area contributed by atoms with Crippen molar-refractivity contribution in [3.63, 3.8) is 0 Å². The molecule has 3 heterocycles. The minimum absolute atomic E-state index is 0.0166. The Kier molecular flexibility index (Phi) is 7.73. The SMILES string of the molecule is CCOCCCN(CC(=O)N1CCc2sccc2C1c1ccccc1)C(=O)c1cccs1. The number of hydrogen-bond donors (Lipinski definition) is 0. The molecule has 32 heavy (non-hydrogen) atoms. The Morgan fingerprint density at radius 1 is 1.09 bits per heavy atom. The molecule has 4 rings (SSSR count). The summed E-state index contributed by atoms with van der Waals surface area (Å²) < 4.78 is 5.45. The Balaban J connectivity index is 1.55. The number of rotatable bonds is 9. The van der Waals surface area contributed by atoms with Gasteiger partial charge in [0.15, 0.2) is 0 Å². The number of carbonyl (C=O) groups excluding carboxylic acids is 2. The zero-order valence-electron chi connectivity index (χ0n) is 18.2. The number of amides is 2. The molecule has 0 fully saturated rings. The highest BCUT2D eigenvalue weighted by atomic mass is 32.1. The van der Waals surface area contributed by atoms with E-state index < -0.39 is 0 Å². The fraction of sp³-hybridized carbons (Fsp3) is 0.360. The first-order valence-electron chi connectivity index (χ1n) is 11.0. The smallest absolute Gasteiger partial charge is 0.264 e. The third-order valence-electron chi connectivity index (χ3n) is 5.67. The van der Waals surface area contributed by atoms with Gasteiger partial charge in [-0.25, -0.2) is 0 Å². The molecule has 1 unspecified atom stereocenters. The van der Waals surface area contributed by atoms with Gasteiger partial charge in [0.1, 0.15) is 6.54 Å². The molecule has 2 amide bonds. The van der Waals surface area contributed by atoms with Crippen LogP contribution in [0.4, 0.5) is 0 Å². The maximum Gasteiger partial charge on any atom is 0.264 e. The molecule has 5 nitrogen and oxygen atoms in total. The second kappa shape index (κ2) is 10.9. The Bertz CT molecular complexity index is 1020. The zero-order valence-corrected chi connectivity index (χ0v) is 19.9. The van der Waals surface area contributed by atoms with Crippen molar-refractivity contribution in [1.29, 1.82) is 0 Å². The van der Waals surface area contributed by atoms with Crippen molar-refractivity contribution in [2.75, 3.05) is 32.8 Å². The second-order valence-corrected chi connectivity index (χ2v) is 9.65. The number of hydrogen-bond acceptors (Lipinski definition) is 5. The van der Waals surface area contributed by atoms with Crippen LogP contribution in [0.5, 0.6) is 0 Å². The maximum atomic E-state index is 13.6. The summed E-state index contributed by atoms with van der Waals surface area (Å²) in [5.41, 5.74) is 2.31. The molecule has 3 aromatic rings. The van der Waals surface area contributed by atoms with Crippen molar-refractivity contribution in [2.24, 2.45) is 0 Å². The summed E-state index contributed by atoms with van der Waals surface area (Å²) in [6.45, 7) is 4.41. The van der Waals surface area contributed by atoms with Gasteiger partial charge in [-0.3, -0.25) is 9.59 Å². The van der Waals surface area contributed by atoms with Gasteiger partial charge in [0, 0.05) is 31.2 Å². The summed E-state index contributed by atoms with van der Waals surface area (Å²) in [6.07, 6.45) is 1.56. The van der Waals surface area contributed by atoms with E-state index in [1.54, 1.807) is 16.2 Å². The number of nitrogens with zero attached hydrogens (tertiary/aromatic N) is 2. The standard InChI is InChI=1S/C25H28N2O3S2/c1-2-30-15-7-13-26(25(29)22-10-6-16-31-22)18-23(28)27-14-11-21-20(12-17-32-21)24(27)19-8-4-3-5-9-19/h3-6,8-10,12,16-17,24H,2,7,11,13-15,18H2,1H3. The monoisotopic (exact) mass is 468 g/mol. The molecule has 0 aliphatic carbocycles. The van der Waals surface area contributed by atoms with Gasteiger partial charge in [-0.1, -0.05) is 36.4 Å². The summed E-state index contributed by atoms with van der Waals surface area (Å²) >= 11 is 3.16. The lowest BCUT2D eigenvalue weighted by Crippen LogP contribution is -2.47.